The van der Waals surface area contributed by atoms with Crippen LogP contribution in [-0.2, 0) is 6.42 Å². The zero-order valence-electron chi connectivity index (χ0n) is 43.8. The number of pyridine rings is 1. The predicted molar refractivity (Wildman–Crippen MR) is 312 cm³/mol. The second-order valence-electron chi connectivity index (χ2n) is 20.7. The second-order valence-corrected chi connectivity index (χ2v) is 20.7. The van der Waals surface area contributed by atoms with Crippen molar-refractivity contribution in [3.63, 3.8) is 0 Å². The molecule has 8 aromatic rings. The first-order valence-corrected chi connectivity index (χ1v) is 26.4. The number of nitrogens with zero attached hydrogens (tertiary/aromatic N) is 2. The number of allylic oxidation sites excluding steroid dienone is 8. The number of benzene rings is 7. The summed E-state index contributed by atoms with van der Waals surface area (Å²) in [6, 6.07) is 61.7. The zero-order valence-corrected chi connectivity index (χ0v) is 43.8. The molecule has 2 heterocycles. The maximum atomic E-state index is 4.45. The zero-order chi connectivity index (χ0) is 50.3. The number of aryl methyl sites for hydroxylation is 2. The molecular formula is C71H66N2. The third-order valence-electron chi connectivity index (χ3n) is 16.5. The van der Waals surface area contributed by atoms with E-state index in [1.54, 1.807) is 0 Å². The molecule has 11 rings (SSSR count). The highest BCUT2D eigenvalue weighted by Gasteiger charge is 2.39. The van der Waals surface area contributed by atoms with E-state index < -0.39 is 0 Å². The van der Waals surface area contributed by atoms with Gasteiger partial charge in [0.05, 0.1) is 6.04 Å². The van der Waals surface area contributed by atoms with Crippen molar-refractivity contribution in [3.05, 3.63) is 267 Å². The van der Waals surface area contributed by atoms with Crippen molar-refractivity contribution in [3.8, 4) is 33.4 Å². The lowest BCUT2D eigenvalue weighted by Gasteiger charge is -2.30. The number of anilines is 2. The van der Waals surface area contributed by atoms with Crippen LogP contribution in [0.1, 0.15) is 115 Å². The van der Waals surface area contributed by atoms with E-state index in [2.05, 4.69) is 253 Å². The molecule has 7 aromatic carbocycles. The van der Waals surface area contributed by atoms with Gasteiger partial charge in [-0.2, -0.15) is 0 Å². The molecule has 1 aromatic heterocycles. The standard InChI is InChI=1S/C71H66N2/c1-9-16-63(48(6)47(5)61-19-13-11-17-45(61)3)54-27-23-52(24-28-54)56-33-37-70-68(41-56)69-42-57(53-25-29-55(30-26-53)64-21-15-22-65(50(64)8)62-20-14-12-18-46(62)4)34-38-71(69)73(70)59-35-31-51(32-36-59)49(7)67-43-58-44-72-40-39-66(58)60(67)10-2/h10-15,17-42,44,63,68,70H,9,16,43H2,1-8H3/b48-47+,60-10-,67-49+. The van der Waals surface area contributed by atoms with E-state index in [1.165, 1.54) is 134 Å². The van der Waals surface area contributed by atoms with Gasteiger partial charge in [-0.25, -0.2) is 0 Å². The van der Waals surface area contributed by atoms with Gasteiger partial charge in [0.1, 0.15) is 0 Å². The van der Waals surface area contributed by atoms with Crippen LogP contribution in [0.15, 0.2) is 212 Å². The molecule has 2 aliphatic carbocycles. The molecule has 3 unspecified atom stereocenters. The van der Waals surface area contributed by atoms with Gasteiger partial charge in [0, 0.05) is 42.0 Å². The normalized spacial score (nSPS) is 17.7. The van der Waals surface area contributed by atoms with E-state index in [-0.39, 0.29) is 12.0 Å². The Kier molecular flexibility index (Phi) is 13.0. The van der Waals surface area contributed by atoms with E-state index in [0.717, 1.165) is 19.3 Å². The molecular weight excluding hydrogens is 881 g/mol. The molecule has 0 saturated carbocycles. The fourth-order valence-corrected chi connectivity index (χ4v) is 12.3. The average molecular weight is 947 g/mol. The predicted octanol–water partition coefficient (Wildman–Crippen LogP) is 19.1. The molecule has 2 heteroatoms. The Morgan fingerprint density at radius 3 is 2.10 bits per heavy atom. The van der Waals surface area contributed by atoms with Crippen molar-refractivity contribution >= 4 is 33.7 Å². The second kappa shape index (κ2) is 20.0. The summed E-state index contributed by atoms with van der Waals surface area (Å²) in [6.07, 6.45) is 16.7. The molecule has 0 saturated heterocycles. The quantitative estimate of drug-likeness (QED) is 0.128. The van der Waals surface area contributed by atoms with Gasteiger partial charge in [-0.15, -0.1) is 0 Å². The third kappa shape index (κ3) is 8.78. The lowest BCUT2D eigenvalue weighted by Crippen LogP contribution is -2.28. The van der Waals surface area contributed by atoms with Crippen molar-refractivity contribution in [2.45, 2.75) is 92.5 Å². The summed E-state index contributed by atoms with van der Waals surface area (Å²) in [5, 5.41) is 0. The highest BCUT2D eigenvalue weighted by molar-refractivity contribution is 5.94. The molecule has 73 heavy (non-hydrogen) atoms. The summed E-state index contributed by atoms with van der Waals surface area (Å²) in [7, 11) is 0. The Morgan fingerprint density at radius 1 is 0.671 bits per heavy atom. The number of hydrogen-bond acceptors (Lipinski definition) is 2. The number of rotatable bonds is 11. The van der Waals surface area contributed by atoms with Crippen LogP contribution in [0.2, 0.25) is 0 Å². The molecule has 3 atom stereocenters. The van der Waals surface area contributed by atoms with E-state index in [0.29, 0.717) is 5.92 Å². The number of aromatic nitrogens is 1. The van der Waals surface area contributed by atoms with Gasteiger partial charge in [0.25, 0.3) is 0 Å². The van der Waals surface area contributed by atoms with E-state index >= 15 is 0 Å². The van der Waals surface area contributed by atoms with Crippen LogP contribution in [-0.4, -0.2) is 11.0 Å². The summed E-state index contributed by atoms with van der Waals surface area (Å²) in [5.74, 6) is 0.541. The van der Waals surface area contributed by atoms with E-state index in [4.69, 9.17) is 0 Å². The molecule has 0 N–H and O–H groups in total. The Hall–Kier alpha value is -7.81. The van der Waals surface area contributed by atoms with Gasteiger partial charge in [0.2, 0.25) is 0 Å². The van der Waals surface area contributed by atoms with Crippen molar-refractivity contribution in [2.24, 2.45) is 0 Å². The van der Waals surface area contributed by atoms with Gasteiger partial charge < -0.3 is 4.90 Å². The lowest BCUT2D eigenvalue weighted by molar-refractivity contribution is 0.687. The van der Waals surface area contributed by atoms with Gasteiger partial charge in [0.15, 0.2) is 0 Å². The average Bonchev–Trinajstić information content (AvgIpc) is 3.97. The smallest absolute Gasteiger partial charge is 0.0630 e. The van der Waals surface area contributed by atoms with Crippen molar-refractivity contribution < 1.29 is 0 Å². The molecule has 1 aliphatic heterocycles. The molecule has 0 spiro atoms. The lowest BCUT2D eigenvalue weighted by atomic mass is 9.82. The highest BCUT2D eigenvalue weighted by atomic mass is 15.2. The summed E-state index contributed by atoms with van der Waals surface area (Å²) < 4.78 is 0. The molecule has 0 bridgehead atoms. The summed E-state index contributed by atoms with van der Waals surface area (Å²) in [4.78, 5) is 7.02. The van der Waals surface area contributed by atoms with Crippen LogP contribution in [0, 0.1) is 20.8 Å². The first kappa shape index (κ1) is 47.5. The van der Waals surface area contributed by atoms with E-state index in [1.807, 2.05) is 12.4 Å². The minimum absolute atomic E-state index is 0.141. The summed E-state index contributed by atoms with van der Waals surface area (Å²) >= 11 is 0. The highest BCUT2D eigenvalue weighted by Crippen LogP contribution is 2.51. The molecule has 0 amide bonds. The number of hydrogen-bond donors (Lipinski definition) is 0. The summed E-state index contributed by atoms with van der Waals surface area (Å²) in [5.41, 5.74) is 31.4. The molecule has 0 radical (unpaired) electrons. The Balaban J connectivity index is 0.937. The Bertz CT molecular complexity index is 3550. The summed E-state index contributed by atoms with van der Waals surface area (Å²) in [6.45, 7) is 18.1. The topological polar surface area (TPSA) is 16.1 Å². The van der Waals surface area contributed by atoms with Crippen molar-refractivity contribution in [1.82, 2.24) is 4.98 Å². The van der Waals surface area contributed by atoms with Crippen LogP contribution < -0.4 is 4.90 Å². The first-order chi connectivity index (χ1) is 35.6. The maximum absolute atomic E-state index is 4.45. The minimum atomic E-state index is 0.141. The van der Waals surface area contributed by atoms with Crippen LogP contribution in [0.5, 0.6) is 0 Å². The molecule has 360 valence electrons. The van der Waals surface area contributed by atoms with Gasteiger partial charge in [-0.3, -0.25) is 4.98 Å². The van der Waals surface area contributed by atoms with Crippen LogP contribution in [0.25, 0.3) is 55.7 Å². The molecule has 3 aliphatic rings. The van der Waals surface area contributed by atoms with Crippen molar-refractivity contribution in [1.29, 1.82) is 0 Å². The Labute approximate surface area is 434 Å². The third-order valence-corrected chi connectivity index (χ3v) is 16.5. The van der Waals surface area contributed by atoms with E-state index in [9.17, 15) is 0 Å². The Morgan fingerprint density at radius 2 is 1.36 bits per heavy atom. The molecule has 0 fully saturated rings. The van der Waals surface area contributed by atoms with Gasteiger partial charge >= 0.3 is 0 Å². The van der Waals surface area contributed by atoms with Crippen molar-refractivity contribution in [2.75, 3.05) is 4.90 Å². The SMILES string of the molecule is C/C=C1\C(=C(/C)c2ccc(N3c4ccc(-c5ccc(-c6cccc(-c7ccccc7C)c6C)cc5)cc4C4C=C(c5ccc(C(CCC)/C(C)=C(\C)c6ccccc6C)cc5)C=CC43)cc2)Cc2cnccc21. The van der Waals surface area contributed by atoms with Crippen LogP contribution in [0.3, 0.4) is 0 Å². The van der Waals surface area contributed by atoms with Gasteiger partial charge in [-0.1, -0.05) is 177 Å². The van der Waals surface area contributed by atoms with Crippen LogP contribution in [0.4, 0.5) is 11.4 Å². The van der Waals surface area contributed by atoms with Crippen LogP contribution >= 0.6 is 0 Å². The fraction of sp³-hybridized carbons (Fsp3) is 0.197. The largest absolute Gasteiger partial charge is 0.333 e. The first-order valence-electron chi connectivity index (χ1n) is 26.4. The maximum Gasteiger partial charge on any atom is 0.0630 e. The fourth-order valence-electron chi connectivity index (χ4n) is 12.3. The molecule has 2 nitrogen and oxygen atoms in total. The minimum Gasteiger partial charge on any atom is -0.333 e. The van der Waals surface area contributed by atoms with Gasteiger partial charge in [-0.05, 0) is 202 Å². The number of fused-ring (bicyclic) bond motifs is 4. The monoisotopic (exact) mass is 947 g/mol.